The Hall–Kier alpha value is -5.49. The molecule has 0 saturated carbocycles. The minimum atomic E-state index is 0. The zero-order chi connectivity index (χ0) is 62.8. The van der Waals surface area contributed by atoms with E-state index in [2.05, 4.69) is 216 Å². The van der Waals surface area contributed by atoms with Crippen LogP contribution in [0.25, 0.3) is 88.7 Å². The molecule has 10 heterocycles. The van der Waals surface area contributed by atoms with Crippen molar-refractivity contribution in [2.45, 2.75) is 214 Å². The van der Waals surface area contributed by atoms with Crippen LogP contribution in [-0.2, 0) is 84.3 Å². The molecule has 0 amide bonds. The average molecular weight is 1510 g/mol. The third kappa shape index (κ3) is 12.6. The van der Waals surface area contributed by atoms with Gasteiger partial charge < -0.3 is 19.9 Å². The second-order valence-electron chi connectivity index (χ2n) is 23.0. The summed E-state index contributed by atoms with van der Waals surface area (Å²) in [6.07, 6.45) is 13.5. The van der Waals surface area contributed by atoms with E-state index in [0.717, 1.165) is 211 Å². The molecule has 0 unspecified atom stereocenters. The predicted molar refractivity (Wildman–Crippen MR) is 391 cm³/mol. The summed E-state index contributed by atoms with van der Waals surface area (Å²) in [5.41, 5.74) is 37.2. The molecule has 16 bridgehead atoms. The molecule has 0 fully saturated rings. The molecule has 0 radical (unpaired) electrons. The Morgan fingerprint density at radius 2 is 0.500 bits per heavy atom. The third-order valence-corrected chi connectivity index (χ3v) is 21.3. The van der Waals surface area contributed by atoms with Gasteiger partial charge >= 0.3 is 33.0 Å². The molecule has 0 saturated heterocycles. The van der Waals surface area contributed by atoms with Gasteiger partial charge in [0.25, 0.3) is 0 Å². The average Bonchev–Trinajstić information content (AvgIpc) is 1.72. The van der Waals surface area contributed by atoms with Crippen molar-refractivity contribution >= 4 is 134 Å². The molecular weight excluding hydrogens is 1420 g/mol. The minimum Gasteiger partial charge on any atom is -0.657 e. The van der Waals surface area contributed by atoms with Gasteiger partial charge in [0.05, 0.1) is 52.7 Å². The Bertz CT molecular complexity index is 4220. The van der Waals surface area contributed by atoms with Crippen molar-refractivity contribution in [3.05, 3.63) is 145 Å². The molecule has 4 aliphatic rings. The van der Waals surface area contributed by atoms with Gasteiger partial charge in [0, 0.05) is 11.1 Å². The first-order chi connectivity index (χ1) is 42.7. The number of aromatic nitrogens is 8. The fourth-order valence-electron chi connectivity index (χ4n) is 14.6. The van der Waals surface area contributed by atoms with Crippen molar-refractivity contribution < 1.29 is 33.0 Å². The van der Waals surface area contributed by atoms with Gasteiger partial charge in [0.2, 0.25) is 0 Å². The fourth-order valence-corrected chi connectivity index (χ4v) is 15.1. The molecule has 10 rings (SSSR count). The number of halogens is 2. The first kappa shape index (κ1) is 70.4. The van der Waals surface area contributed by atoms with E-state index >= 15 is 0 Å². The van der Waals surface area contributed by atoms with E-state index < -0.39 is 0 Å². The van der Waals surface area contributed by atoms with Crippen LogP contribution in [0, 0.1) is 23.7 Å². The molecule has 0 aromatic carbocycles. The second-order valence-corrected chi connectivity index (χ2v) is 25.1. The number of nitrogens with zero attached hydrogens (tertiary/aromatic N) is 8. The van der Waals surface area contributed by atoms with E-state index in [0.29, 0.717) is 0 Å². The van der Waals surface area contributed by atoms with Crippen molar-refractivity contribution in [3.63, 3.8) is 0 Å². The molecule has 8 nitrogen and oxygen atoms in total. The normalized spacial score (nSPS) is 13.4. The molecule has 90 heavy (non-hydrogen) atoms. The molecule has 0 aliphatic carbocycles. The molecule has 12 heteroatoms. The zero-order valence-electron chi connectivity index (χ0n) is 55.7. The summed E-state index contributed by atoms with van der Waals surface area (Å²) in [4.78, 5) is 44.5. The Labute approximate surface area is 583 Å². The zero-order valence-corrected chi connectivity index (χ0v) is 62.0. The second kappa shape index (κ2) is 30.5. The molecule has 0 spiro atoms. The van der Waals surface area contributed by atoms with Crippen molar-refractivity contribution in [1.82, 2.24) is 39.9 Å². The molecule has 0 atom stereocenters. The molecular formula is C78H86I2N8Ni2. The summed E-state index contributed by atoms with van der Waals surface area (Å²) in [5.74, 6) is 15.1. The van der Waals surface area contributed by atoms with Gasteiger partial charge in [-0.3, -0.25) is 0 Å². The van der Waals surface area contributed by atoms with Crippen molar-refractivity contribution in [2.75, 3.05) is 0 Å². The summed E-state index contributed by atoms with van der Waals surface area (Å²) >= 11 is 4.83. The predicted octanol–water partition coefficient (Wildman–Crippen LogP) is 20.4. The molecule has 6 aromatic heterocycles. The maximum Gasteiger partial charge on any atom is 2.00 e. The quantitative estimate of drug-likeness (QED) is 0.0536. The Kier molecular flexibility index (Phi) is 23.9. The van der Waals surface area contributed by atoms with Gasteiger partial charge in [0.1, 0.15) is 0 Å². The summed E-state index contributed by atoms with van der Waals surface area (Å²) in [7, 11) is 0. The number of rotatable bonds is 16. The number of hydrogen-bond acceptors (Lipinski definition) is 4. The Morgan fingerprint density at radius 1 is 0.289 bits per heavy atom. The van der Waals surface area contributed by atoms with Gasteiger partial charge in [-0.1, -0.05) is 215 Å². The first-order valence-electron chi connectivity index (χ1n) is 33.1. The van der Waals surface area contributed by atoms with Gasteiger partial charge in [-0.15, -0.1) is 44.1 Å². The molecule has 4 aliphatic heterocycles. The maximum atomic E-state index is 5.67. The SMILES string of the molecule is CCC1=C(CC)c2cc3[n-]c(c(C#C/C(I)=C(\I)C#Cc4c5nc(cc6[n-]c(cc7nc(cc8[n-]c4c(CC)c8CC)C(CC)=C7CC)c(CC)c6CC)C(CC)=C5CC)c4nc(cc5[n-]c(cc1n2)c(CC)c5CC)C(CC)=C4CC)c(CC)c3CC.[Ni+2].[Ni+2]. The van der Waals surface area contributed by atoms with Gasteiger partial charge in [-0.2, -0.15) is 0 Å². The Balaban J connectivity index is 0.00000523. The summed E-state index contributed by atoms with van der Waals surface area (Å²) in [6, 6.07) is 13.5. The smallest absolute Gasteiger partial charge is 0.657 e. The van der Waals surface area contributed by atoms with Gasteiger partial charge in [-0.05, 0) is 192 Å². The monoisotopic (exact) mass is 1500 g/mol. The summed E-state index contributed by atoms with van der Waals surface area (Å²) < 4.78 is 1.68. The van der Waals surface area contributed by atoms with Gasteiger partial charge in [-0.25, -0.2) is 19.9 Å². The van der Waals surface area contributed by atoms with Crippen LogP contribution < -0.4 is 19.9 Å². The number of allylic oxidation sites excluding steroid dienone is 10. The molecule has 6 aromatic rings. The van der Waals surface area contributed by atoms with Crippen molar-refractivity contribution in [3.8, 4) is 23.7 Å². The van der Waals surface area contributed by atoms with E-state index in [1.165, 1.54) is 89.1 Å². The standard InChI is InChI=1S/C78H86I2N8.2Ni/c1-17-43-47(21-5)67-39-71-51(25-9)55(29-13)75(85-71)59(76-56(30-14)52(26-10)72(86-76)40-68-48(22-6)44(18-2)64(82-68)37-63(43)81-67)33-35-61(79)62(80)36-34-60-77-57(31-15)53(27-11)73(87-77)41-69-49(23-7)45(19-3)65(83-69)38-66-46(20-4)50(24-8)70(84-66)42-74-54(28-12)58(32-16)78(60)88-74;;/h37-42H,17-32H2,1-16H3;;/q-4;2*+2/b62-61+,63-37?,64-37?,65-38?,66-38?,67-39?,68-40?,69-41?,70-42?,71-39?,72-40?,73-41?,74-42?,75-59?,76-59?,77-60?,78-60?;;. The van der Waals surface area contributed by atoms with Crippen LogP contribution in [0.3, 0.4) is 0 Å². The van der Waals surface area contributed by atoms with Crippen LogP contribution in [-0.4, -0.2) is 19.9 Å². The van der Waals surface area contributed by atoms with E-state index in [-0.39, 0.29) is 33.0 Å². The van der Waals surface area contributed by atoms with Crippen LogP contribution >= 0.6 is 45.2 Å². The first-order valence-corrected chi connectivity index (χ1v) is 35.3. The van der Waals surface area contributed by atoms with Gasteiger partial charge in [0.15, 0.2) is 0 Å². The number of hydrogen-bond donors (Lipinski definition) is 0. The summed E-state index contributed by atoms with van der Waals surface area (Å²) in [5, 5.41) is 0. The van der Waals surface area contributed by atoms with E-state index in [1.807, 2.05) is 0 Å². The van der Waals surface area contributed by atoms with E-state index in [4.69, 9.17) is 39.9 Å². The van der Waals surface area contributed by atoms with Crippen LogP contribution in [0.5, 0.6) is 0 Å². The van der Waals surface area contributed by atoms with Crippen LogP contribution in [0.2, 0.25) is 0 Å². The van der Waals surface area contributed by atoms with Crippen LogP contribution in [0.15, 0.2) is 43.6 Å². The number of fused-ring (bicyclic) bond motifs is 16. The largest absolute Gasteiger partial charge is 2.00 e. The molecule has 472 valence electrons. The Morgan fingerprint density at radius 3 is 0.733 bits per heavy atom. The topological polar surface area (TPSA) is 108 Å². The fraction of sp³-hybridized carbons (Fsp3) is 0.410. The molecule has 0 N–H and O–H groups in total. The minimum absolute atomic E-state index is 0. The van der Waals surface area contributed by atoms with Crippen LogP contribution in [0.1, 0.15) is 263 Å². The maximum absolute atomic E-state index is 5.67. The van der Waals surface area contributed by atoms with Crippen molar-refractivity contribution in [1.29, 1.82) is 0 Å². The van der Waals surface area contributed by atoms with E-state index in [1.54, 1.807) is 0 Å². The third-order valence-electron chi connectivity index (χ3n) is 18.7. The van der Waals surface area contributed by atoms with Crippen molar-refractivity contribution in [2.24, 2.45) is 0 Å². The summed E-state index contributed by atoms with van der Waals surface area (Å²) in [6.45, 7) is 36.0. The van der Waals surface area contributed by atoms with Crippen LogP contribution in [0.4, 0.5) is 0 Å². The number of aryl methyl sites for hydroxylation is 8. The van der Waals surface area contributed by atoms with E-state index in [9.17, 15) is 0 Å².